The molecule has 0 amide bonds. The van der Waals surface area contributed by atoms with E-state index >= 15 is 0 Å². The van der Waals surface area contributed by atoms with Gasteiger partial charge in [0.25, 0.3) is 0 Å². The van der Waals surface area contributed by atoms with E-state index in [9.17, 15) is 22.8 Å². The number of alkyl halides is 3. The zero-order valence-corrected chi connectivity index (χ0v) is 28.0. The van der Waals surface area contributed by atoms with Gasteiger partial charge in [-0.15, -0.1) is 0 Å². The summed E-state index contributed by atoms with van der Waals surface area (Å²) in [6.45, 7) is 4.82. The topological polar surface area (TPSA) is 87.6 Å². The minimum Gasteiger partial charge on any atom is -0.490 e. The summed E-state index contributed by atoms with van der Waals surface area (Å²) in [4.78, 5) is 34.4. The zero-order chi connectivity index (χ0) is 34.4. The van der Waals surface area contributed by atoms with Gasteiger partial charge in [-0.1, -0.05) is 83.4 Å². The lowest BCUT2D eigenvalue weighted by molar-refractivity contribution is -0.225. The first-order valence-corrected chi connectivity index (χ1v) is 17.3. The molecule has 0 spiro atoms. The van der Waals surface area contributed by atoms with Crippen molar-refractivity contribution in [3.63, 3.8) is 0 Å². The SMILES string of the molecule is CCCCCCCCOc1cnc(-c2ccc(C(=O)Oc3ccc4c(c3)CCC(C(=O)O[C@H](CCCCCC)C(F)(F)F)C4)cc2)nc1. The molecule has 2 aromatic carbocycles. The van der Waals surface area contributed by atoms with E-state index in [1.54, 1.807) is 54.9 Å². The van der Waals surface area contributed by atoms with E-state index in [2.05, 4.69) is 16.9 Å². The van der Waals surface area contributed by atoms with Crippen LogP contribution in [0.5, 0.6) is 11.5 Å². The highest BCUT2D eigenvalue weighted by Gasteiger charge is 2.43. The number of nitrogens with zero attached hydrogens (tertiary/aromatic N) is 2. The van der Waals surface area contributed by atoms with Gasteiger partial charge < -0.3 is 14.2 Å². The van der Waals surface area contributed by atoms with Gasteiger partial charge in [-0.2, -0.15) is 13.2 Å². The Kier molecular flexibility index (Phi) is 14.3. The molecule has 48 heavy (non-hydrogen) atoms. The number of hydrogen-bond donors (Lipinski definition) is 0. The number of aromatic nitrogens is 2. The van der Waals surface area contributed by atoms with Crippen LogP contribution in [-0.2, 0) is 22.4 Å². The fourth-order valence-electron chi connectivity index (χ4n) is 5.81. The summed E-state index contributed by atoms with van der Waals surface area (Å²) < 4.78 is 57.0. The van der Waals surface area contributed by atoms with Gasteiger partial charge in [0.2, 0.25) is 0 Å². The van der Waals surface area contributed by atoms with Crippen molar-refractivity contribution in [3.8, 4) is 22.9 Å². The standard InChI is InChI=1S/C38H47F3N2O5/c1-3-5-7-9-10-12-22-46-33-25-42-35(43-26-33)27-14-16-28(17-15-27)36(44)47-32-21-20-29-23-31(19-18-30(29)24-32)37(45)48-34(38(39,40)41)13-11-8-6-4-2/h14-17,20-21,24-26,31,34H,3-13,18-19,22-23H2,1-2H3/t31?,34-/m1/s1. The second kappa shape index (κ2) is 18.6. The minimum absolute atomic E-state index is 0.217. The summed E-state index contributed by atoms with van der Waals surface area (Å²) in [5.74, 6) is -0.502. The van der Waals surface area contributed by atoms with Crippen molar-refractivity contribution in [1.82, 2.24) is 9.97 Å². The van der Waals surface area contributed by atoms with Crippen molar-refractivity contribution in [2.75, 3.05) is 6.61 Å². The maximum absolute atomic E-state index is 13.5. The van der Waals surface area contributed by atoms with Gasteiger partial charge >= 0.3 is 18.1 Å². The largest absolute Gasteiger partial charge is 0.490 e. The van der Waals surface area contributed by atoms with Crippen LogP contribution in [0.2, 0.25) is 0 Å². The van der Waals surface area contributed by atoms with Crippen LogP contribution >= 0.6 is 0 Å². The average molecular weight is 669 g/mol. The summed E-state index contributed by atoms with van der Waals surface area (Å²) in [7, 11) is 0. The fraction of sp³-hybridized carbons (Fsp3) is 0.526. The second-order valence-corrected chi connectivity index (χ2v) is 12.5. The quantitative estimate of drug-likeness (QED) is 0.0758. The van der Waals surface area contributed by atoms with E-state index in [1.807, 2.05) is 6.92 Å². The first kappa shape index (κ1) is 36.9. The van der Waals surface area contributed by atoms with E-state index in [-0.39, 0.29) is 12.8 Å². The molecule has 260 valence electrons. The molecular weight excluding hydrogens is 621 g/mol. The third-order valence-electron chi connectivity index (χ3n) is 8.67. The molecule has 1 unspecified atom stereocenters. The van der Waals surface area contributed by atoms with Crippen LogP contribution in [0.15, 0.2) is 54.9 Å². The molecule has 0 bridgehead atoms. The molecule has 0 N–H and O–H groups in total. The lowest BCUT2D eigenvalue weighted by Gasteiger charge is -2.27. The van der Waals surface area contributed by atoms with Crippen LogP contribution in [0.3, 0.4) is 0 Å². The van der Waals surface area contributed by atoms with E-state index in [0.29, 0.717) is 55.2 Å². The van der Waals surface area contributed by atoms with Crippen molar-refractivity contribution in [2.45, 2.75) is 116 Å². The number of halogens is 3. The number of fused-ring (bicyclic) bond motifs is 1. The van der Waals surface area contributed by atoms with Crippen LogP contribution in [-0.4, -0.2) is 40.8 Å². The lowest BCUT2D eigenvalue weighted by Crippen LogP contribution is -2.37. The summed E-state index contributed by atoms with van der Waals surface area (Å²) in [5.41, 5.74) is 2.82. The molecule has 10 heteroatoms. The van der Waals surface area contributed by atoms with E-state index in [0.717, 1.165) is 42.4 Å². The molecule has 0 saturated carbocycles. The fourth-order valence-corrected chi connectivity index (χ4v) is 5.81. The van der Waals surface area contributed by atoms with Crippen LogP contribution in [0.25, 0.3) is 11.4 Å². The van der Waals surface area contributed by atoms with Gasteiger partial charge in [-0.25, -0.2) is 14.8 Å². The molecule has 0 aliphatic heterocycles. The summed E-state index contributed by atoms with van der Waals surface area (Å²) in [5, 5.41) is 0. The molecule has 7 nitrogen and oxygen atoms in total. The van der Waals surface area contributed by atoms with Gasteiger partial charge in [-0.05, 0) is 73.9 Å². The number of benzene rings is 2. The number of carbonyl (C=O) groups is 2. The number of rotatable bonds is 18. The Hall–Kier alpha value is -3.95. The molecule has 2 atom stereocenters. The number of esters is 2. The monoisotopic (exact) mass is 668 g/mol. The van der Waals surface area contributed by atoms with Gasteiger partial charge in [0.05, 0.1) is 30.5 Å². The Bertz CT molecular complexity index is 1440. The Morgan fingerprint density at radius 1 is 0.833 bits per heavy atom. The number of aryl methyl sites for hydroxylation is 1. The summed E-state index contributed by atoms with van der Waals surface area (Å²) in [6.07, 6.45) is 7.46. The van der Waals surface area contributed by atoms with Gasteiger partial charge in [-0.3, -0.25) is 4.79 Å². The van der Waals surface area contributed by atoms with Gasteiger partial charge in [0, 0.05) is 5.56 Å². The van der Waals surface area contributed by atoms with Crippen molar-refractivity contribution >= 4 is 11.9 Å². The molecule has 0 saturated heterocycles. The molecule has 0 radical (unpaired) electrons. The molecule has 0 fully saturated rings. The average Bonchev–Trinajstić information content (AvgIpc) is 3.08. The number of hydrogen-bond acceptors (Lipinski definition) is 7. The second-order valence-electron chi connectivity index (χ2n) is 12.5. The van der Waals surface area contributed by atoms with Gasteiger partial charge in [0.15, 0.2) is 17.7 Å². The minimum atomic E-state index is -4.59. The molecule has 1 aliphatic rings. The highest BCUT2D eigenvalue weighted by molar-refractivity contribution is 5.91. The highest BCUT2D eigenvalue weighted by Crippen LogP contribution is 2.33. The van der Waals surface area contributed by atoms with Crippen molar-refractivity contribution in [2.24, 2.45) is 5.92 Å². The third-order valence-corrected chi connectivity index (χ3v) is 8.67. The Balaban J connectivity index is 1.26. The van der Waals surface area contributed by atoms with Crippen LogP contribution in [0.1, 0.15) is 112 Å². The molecule has 1 aliphatic carbocycles. The molecule has 1 aromatic heterocycles. The number of unbranched alkanes of at least 4 members (excludes halogenated alkanes) is 8. The van der Waals surface area contributed by atoms with E-state index < -0.39 is 30.1 Å². The Morgan fingerprint density at radius 3 is 2.19 bits per heavy atom. The maximum Gasteiger partial charge on any atom is 0.425 e. The zero-order valence-electron chi connectivity index (χ0n) is 28.0. The predicted molar refractivity (Wildman–Crippen MR) is 178 cm³/mol. The molecule has 4 rings (SSSR count). The third kappa shape index (κ3) is 11.3. The van der Waals surface area contributed by atoms with Crippen molar-refractivity contribution in [3.05, 3.63) is 71.5 Å². The Morgan fingerprint density at radius 2 is 1.50 bits per heavy atom. The van der Waals surface area contributed by atoms with Crippen LogP contribution in [0, 0.1) is 5.92 Å². The number of carbonyl (C=O) groups excluding carboxylic acids is 2. The van der Waals surface area contributed by atoms with E-state index in [1.165, 1.54) is 25.7 Å². The predicted octanol–water partition coefficient (Wildman–Crippen LogP) is 9.65. The molecule has 1 heterocycles. The summed E-state index contributed by atoms with van der Waals surface area (Å²) in [6, 6.07) is 11.9. The van der Waals surface area contributed by atoms with Crippen molar-refractivity contribution < 1.29 is 37.0 Å². The Labute approximate surface area is 281 Å². The normalized spacial score (nSPS) is 15.0. The summed E-state index contributed by atoms with van der Waals surface area (Å²) >= 11 is 0. The molecular formula is C38H47F3N2O5. The van der Waals surface area contributed by atoms with Gasteiger partial charge in [0.1, 0.15) is 5.75 Å². The first-order valence-electron chi connectivity index (χ1n) is 17.3. The van der Waals surface area contributed by atoms with Crippen LogP contribution in [0.4, 0.5) is 13.2 Å². The smallest absolute Gasteiger partial charge is 0.425 e. The highest BCUT2D eigenvalue weighted by atomic mass is 19.4. The molecule has 3 aromatic rings. The van der Waals surface area contributed by atoms with Crippen LogP contribution < -0.4 is 9.47 Å². The van der Waals surface area contributed by atoms with Crippen molar-refractivity contribution in [1.29, 1.82) is 0 Å². The van der Waals surface area contributed by atoms with E-state index in [4.69, 9.17) is 14.2 Å². The number of ether oxygens (including phenoxy) is 3. The maximum atomic E-state index is 13.5. The first-order chi connectivity index (χ1) is 23.2. The lowest BCUT2D eigenvalue weighted by atomic mass is 9.84.